The summed E-state index contributed by atoms with van der Waals surface area (Å²) in [5.74, 6) is -1.31. The van der Waals surface area contributed by atoms with E-state index in [2.05, 4.69) is 5.32 Å². The largest absolute Gasteiger partial charge is 0.497 e. The zero-order valence-corrected chi connectivity index (χ0v) is 23.5. The minimum Gasteiger partial charge on any atom is -0.497 e. The number of nitrogens with zero attached hydrogens (tertiary/aromatic N) is 1. The number of anilines is 2. The molecule has 3 aromatic carbocycles. The van der Waals surface area contributed by atoms with E-state index in [1.807, 2.05) is 0 Å². The van der Waals surface area contributed by atoms with Gasteiger partial charge in [-0.1, -0.05) is 23.7 Å². The molecule has 12 heteroatoms. The lowest BCUT2D eigenvalue weighted by molar-refractivity contribution is -0.139. The van der Waals surface area contributed by atoms with Crippen molar-refractivity contribution in [1.29, 1.82) is 0 Å². The molecule has 1 saturated carbocycles. The first-order valence-electron chi connectivity index (χ1n) is 13.1. The summed E-state index contributed by atoms with van der Waals surface area (Å²) < 4.78 is 57.7. The van der Waals surface area contributed by atoms with Gasteiger partial charge in [0.15, 0.2) is 0 Å². The number of alkyl halides is 3. The molecule has 3 atom stereocenters. The first kappa shape index (κ1) is 29.4. The number of amides is 1. The maximum Gasteiger partial charge on any atom is 0.420 e. The van der Waals surface area contributed by atoms with Crippen LogP contribution in [-0.4, -0.2) is 44.4 Å². The fourth-order valence-corrected chi connectivity index (χ4v) is 5.22. The topological polar surface area (TPSA) is 97.3 Å². The van der Waals surface area contributed by atoms with Gasteiger partial charge in [0.05, 0.1) is 32.3 Å². The minimum absolute atomic E-state index is 0.0936. The molecule has 1 fully saturated rings. The number of halogens is 4. The summed E-state index contributed by atoms with van der Waals surface area (Å²) in [5.41, 5.74) is 0.763. The lowest BCUT2D eigenvalue weighted by Crippen LogP contribution is -2.37. The number of carbonyl (C=O) groups is 2. The van der Waals surface area contributed by atoms with E-state index in [0.29, 0.717) is 46.2 Å². The maximum atomic E-state index is 14.1. The van der Waals surface area contributed by atoms with Crippen molar-refractivity contribution in [3.8, 4) is 17.2 Å². The number of benzene rings is 3. The van der Waals surface area contributed by atoms with E-state index in [9.17, 15) is 22.8 Å². The van der Waals surface area contributed by atoms with Crippen LogP contribution in [-0.2, 0) is 22.2 Å². The molecule has 2 N–H and O–H groups in total. The number of ether oxygens (including phenoxy) is 3. The average molecular weight is 605 g/mol. The van der Waals surface area contributed by atoms with Gasteiger partial charge in [-0.2, -0.15) is 13.2 Å². The van der Waals surface area contributed by atoms with E-state index in [-0.39, 0.29) is 30.5 Å². The summed E-state index contributed by atoms with van der Waals surface area (Å²) in [5, 5.41) is 12.8. The molecule has 1 unspecified atom stereocenters. The summed E-state index contributed by atoms with van der Waals surface area (Å²) in [7, 11) is 2.65. The van der Waals surface area contributed by atoms with Gasteiger partial charge in [-0.3, -0.25) is 9.59 Å². The van der Waals surface area contributed by atoms with E-state index in [1.165, 1.54) is 25.2 Å². The molecular formula is C30H28ClF3N2O6. The summed E-state index contributed by atoms with van der Waals surface area (Å²) in [6.45, 7) is 0.391. The summed E-state index contributed by atoms with van der Waals surface area (Å²) in [4.78, 5) is 26.6. The molecule has 5 rings (SSSR count). The van der Waals surface area contributed by atoms with Crippen LogP contribution in [0.5, 0.6) is 17.2 Å². The number of nitrogens with one attached hydrogen (secondary N) is 1. The summed E-state index contributed by atoms with van der Waals surface area (Å²) in [6.07, 6.45) is -3.77. The minimum atomic E-state index is -4.67. The number of carboxylic acid groups (broad SMARTS) is 1. The predicted molar refractivity (Wildman–Crippen MR) is 150 cm³/mol. The Morgan fingerprint density at radius 2 is 1.79 bits per heavy atom. The fourth-order valence-electron chi connectivity index (χ4n) is 5.09. The molecule has 8 nitrogen and oxygen atoms in total. The van der Waals surface area contributed by atoms with Crippen LogP contribution < -0.4 is 24.4 Å². The Bertz CT molecular complexity index is 1500. The molecule has 1 heterocycles. The molecule has 0 bridgehead atoms. The number of aliphatic carboxylic acids is 1. The van der Waals surface area contributed by atoms with E-state index in [1.54, 1.807) is 42.5 Å². The number of carbonyl (C=O) groups excluding carboxylic acids is 1. The Hall–Kier alpha value is -4.12. The van der Waals surface area contributed by atoms with Crippen molar-refractivity contribution in [2.45, 2.75) is 25.1 Å². The van der Waals surface area contributed by atoms with Crippen LogP contribution in [0, 0.1) is 11.8 Å². The molecule has 0 aromatic heterocycles. The van der Waals surface area contributed by atoms with Gasteiger partial charge in [0, 0.05) is 47.1 Å². The third kappa shape index (κ3) is 6.20. The monoisotopic (exact) mass is 604 g/mol. The van der Waals surface area contributed by atoms with Gasteiger partial charge in [-0.25, -0.2) is 0 Å². The second-order valence-corrected chi connectivity index (χ2v) is 10.6. The van der Waals surface area contributed by atoms with Gasteiger partial charge in [0.1, 0.15) is 23.3 Å². The maximum absolute atomic E-state index is 14.1. The number of hydrogen-bond donors (Lipinski definition) is 2. The van der Waals surface area contributed by atoms with Crippen molar-refractivity contribution >= 4 is 34.9 Å². The van der Waals surface area contributed by atoms with Gasteiger partial charge in [-0.05, 0) is 48.2 Å². The second-order valence-electron chi connectivity index (χ2n) is 10.2. The third-order valence-corrected chi connectivity index (χ3v) is 7.70. The third-order valence-electron chi connectivity index (χ3n) is 7.45. The first-order valence-corrected chi connectivity index (χ1v) is 13.5. The smallest absolute Gasteiger partial charge is 0.420 e. The summed E-state index contributed by atoms with van der Waals surface area (Å²) in [6, 6.07) is 12.8. The number of fused-ring (bicyclic) bond motifs is 1. The Morgan fingerprint density at radius 1 is 1.07 bits per heavy atom. The zero-order chi connectivity index (χ0) is 30.2. The molecule has 1 aliphatic carbocycles. The summed E-state index contributed by atoms with van der Waals surface area (Å²) >= 11 is 6.09. The van der Waals surface area contributed by atoms with Crippen molar-refractivity contribution in [3.05, 3.63) is 76.3 Å². The number of rotatable bonds is 10. The van der Waals surface area contributed by atoms with Crippen LogP contribution in [0.15, 0.2) is 54.6 Å². The zero-order valence-electron chi connectivity index (χ0n) is 22.7. The van der Waals surface area contributed by atoms with Crippen LogP contribution in [0.4, 0.5) is 24.5 Å². The number of carboxylic acids is 1. The average Bonchev–Trinajstić information content (AvgIpc) is 3.64. The highest BCUT2D eigenvalue weighted by Gasteiger charge is 2.43. The van der Waals surface area contributed by atoms with Crippen molar-refractivity contribution in [2.24, 2.45) is 11.8 Å². The van der Waals surface area contributed by atoms with Crippen molar-refractivity contribution in [2.75, 3.05) is 37.6 Å². The molecule has 222 valence electrons. The molecule has 0 spiro atoms. The molecule has 0 saturated heterocycles. The van der Waals surface area contributed by atoms with Crippen molar-refractivity contribution in [1.82, 2.24) is 0 Å². The lowest BCUT2D eigenvalue weighted by Gasteiger charge is -2.27. The lowest BCUT2D eigenvalue weighted by atomic mass is 10.0. The van der Waals surface area contributed by atoms with Crippen molar-refractivity contribution < 1.29 is 42.1 Å². The van der Waals surface area contributed by atoms with Gasteiger partial charge in [0.2, 0.25) is 0 Å². The Labute approximate surface area is 244 Å². The normalized spacial score (nSPS) is 18.2. The van der Waals surface area contributed by atoms with Crippen LogP contribution in [0.1, 0.15) is 29.2 Å². The van der Waals surface area contributed by atoms with Gasteiger partial charge in [0.25, 0.3) is 5.91 Å². The standard InChI is InChI=1S/C30H28ClF3N2O6/c1-40-21-11-20(12-22(13-21)42-15-18-9-23(18)29(38)39)35-27(16-3-5-19(31)6-4-16)28(37)36-8-7-17-10-26(41-2)24(14-25(17)36)30(32,33)34/h3-6,10-14,18,23,27,35H,7-9,15H2,1-2H3,(H,38,39)/t18-,23+,27?/m1/s1. The van der Waals surface area contributed by atoms with Gasteiger partial charge >= 0.3 is 12.1 Å². The molecule has 42 heavy (non-hydrogen) atoms. The molecule has 1 amide bonds. The quantitative estimate of drug-likeness (QED) is 0.284. The van der Waals surface area contributed by atoms with E-state index in [4.69, 9.17) is 30.9 Å². The van der Waals surface area contributed by atoms with Gasteiger partial charge in [-0.15, -0.1) is 0 Å². The van der Waals surface area contributed by atoms with Crippen LogP contribution >= 0.6 is 11.6 Å². The second kappa shape index (κ2) is 11.6. The Balaban J connectivity index is 1.46. The highest BCUT2D eigenvalue weighted by atomic mass is 35.5. The van der Waals surface area contributed by atoms with Gasteiger partial charge < -0.3 is 29.5 Å². The number of methoxy groups -OCH3 is 2. The number of hydrogen-bond acceptors (Lipinski definition) is 6. The Kier molecular flexibility index (Phi) is 8.14. The SMILES string of the molecule is COc1cc(NC(C(=O)N2CCc3cc(OC)c(C(F)(F)F)cc32)c2ccc(Cl)cc2)cc(OC[C@H]2C[C@@H]2C(=O)O)c1. The van der Waals surface area contributed by atoms with Crippen LogP contribution in [0.25, 0.3) is 0 Å². The Morgan fingerprint density at radius 3 is 2.40 bits per heavy atom. The molecular weight excluding hydrogens is 577 g/mol. The van der Waals surface area contributed by atoms with E-state index < -0.39 is 35.6 Å². The molecule has 3 aromatic rings. The molecule has 2 aliphatic rings. The van der Waals surface area contributed by atoms with E-state index in [0.717, 1.165) is 6.07 Å². The van der Waals surface area contributed by atoms with Crippen molar-refractivity contribution in [3.63, 3.8) is 0 Å². The van der Waals surface area contributed by atoms with E-state index >= 15 is 0 Å². The van der Waals surface area contributed by atoms with Crippen LogP contribution in [0.3, 0.4) is 0 Å². The molecule has 0 radical (unpaired) electrons. The molecule has 1 aliphatic heterocycles. The predicted octanol–water partition coefficient (Wildman–Crippen LogP) is 6.22. The fraction of sp³-hybridized carbons (Fsp3) is 0.333. The van der Waals surface area contributed by atoms with Crippen LogP contribution in [0.2, 0.25) is 5.02 Å². The first-order chi connectivity index (χ1) is 20.0. The highest BCUT2D eigenvalue weighted by molar-refractivity contribution is 6.30. The highest BCUT2D eigenvalue weighted by Crippen LogP contribution is 2.43.